The predicted molar refractivity (Wildman–Crippen MR) is 36.0 cm³/mol. The maximum absolute atomic E-state index is 10.3. The fourth-order valence-electron chi connectivity index (χ4n) is 0.546. The lowest BCUT2D eigenvalue weighted by Gasteiger charge is -1.88. The number of hydrogen-bond donors (Lipinski definition) is 2. The van der Waals surface area contributed by atoms with Crippen LogP contribution in [0.15, 0.2) is 6.20 Å². The fourth-order valence-corrected chi connectivity index (χ4v) is 1.13. The van der Waals surface area contributed by atoms with Crippen LogP contribution in [0.4, 0.5) is 0 Å². The van der Waals surface area contributed by atoms with Crippen molar-refractivity contribution >= 4 is 23.5 Å². The monoisotopic (exact) mass is 173 g/mol. The highest BCUT2D eigenvalue weighted by Gasteiger charge is 2.17. The first-order valence-electron chi connectivity index (χ1n) is 2.54. The molecule has 0 radical (unpaired) electrons. The van der Waals surface area contributed by atoms with Gasteiger partial charge in [-0.25, -0.2) is 9.59 Å². The fraction of sp³-hybridized carbons (Fsp3) is 0. The van der Waals surface area contributed by atoms with Crippen molar-refractivity contribution in [1.29, 1.82) is 0 Å². The Hall–Kier alpha value is -1.43. The molecule has 2 N–H and O–H groups in total. The molecule has 58 valence electrons. The van der Waals surface area contributed by atoms with Gasteiger partial charge in [-0.05, 0) is 11.5 Å². The third-order valence-corrected chi connectivity index (χ3v) is 1.78. The summed E-state index contributed by atoms with van der Waals surface area (Å²) in [6.07, 6.45) is 1.02. The van der Waals surface area contributed by atoms with Gasteiger partial charge < -0.3 is 10.2 Å². The van der Waals surface area contributed by atoms with Crippen molar-refractivity contribution in [2.45, 2.75) is 0 Å². The molecule has 0 fully saturated rings. The second-order valence-electron chi connectivity index (χ2n) is 1.68. The van der Waals surface area contributed by atoms with Gasteiger partial charge in [-0.2, -0.15) is 4.37 Å². The van der Waals surface area contributed by atoms with E-state index < -0.39 is 11.9 Å². The van der Waals surface area contributed by atoms with Crippen LogP contribution in [0.5, 0.6) is 0 Å². The first kappa shape index (κ1) is 7.67. The second kappa shape index (κ2) is 2.67. The van der Waals surface area contributed by atoms with Crippen LogP contribution in [0.2, 0.25) is 0 Å². The van der Waals surface area contributed by atoms with E-state index in [1.54, 1.807) is 0 Å². The second-order valence-corrected chi connectivity index (χ2v) is 2.48. The standard InChI is InChI=1S/C5H3NO4S/c7-4(8)2-1-6-11-3(2)5(9)10/h1H,(H,7,8)(H,9,10). The zero-order valence-electron chi connectivity index (χ0n) is 5.14. The van der Waals surface area contributed by atoms with Gasteiger partial charge in [-0.15, -0.1) is 0 Å². The van der Waals surface area contributed by atoms with E-state index in [9.17, 15) is 9.59 Å². The van der Waals surface area contributed by atoms with Crippen molar-refractivity contribution < 1.29 is 19.8 Å². The molecule has 0 amide bonds. The Bertz CT molecular complexity index is 277. The molecule has 0 aromatic carbocycles. The van der Waals surface area contributed by atoms with Gasteiger partial charge in [0.05, 0.1) is 6.20 Å². The van der Waals surface area contributed by atoms with E-state index in [0.29, 0.717) is 11.5 Å². The number of carboxylic acid groups (broad SMARTS) is 2. The molecule has 0 aliphatic carbocycles. The summed E-state index contributed by atoms with van der Waals surface area (Å²) in [7, 11) is 0. The Kier molecular flexibility index (Phi) is 1.86. The Morgan fingerprint density at radius 1 is 1.36 bits per heavy atom. The number of nitrogens with zero attached hydrogens (tertiary/aromatic N) is 1. The molecule has 11 heavy (non-hydrogen) atoms. The third kappa shape index (κ3) is 1.35. The average Bonchev–Trinajstić information content (AvgIpc) is 2.32. The van der Waals surface area contributed by atoms with Crippen molar-refractivity contribution in [3.63, 3.8) is 0 Å². The summed E-state index contributed by atoms with van der Waals surface area (Å²) < 4.78 is 3.44. The van der Waals surface area contributed by atoms with Gasteiger partial charge in [0.2, 0.25) is 0 Å². The van der Waals surface area contributed by atoms with E-state index in [0.717, 1.165) is 6.20 Å². The lowest BCUT2D eigenvalue weighted by molar-refractivity contribution is 0.0656. The predicted octanol–water partition coefficient (Wildman–Crippen LogP) is 0.539. The molecule has 1 rings (SSSR count). The number of carboxylic acids is 2. The summed E-state index contributed by atoms with van der Waals surface area (Å²) in [5.41, 5.74) is -0.262. The molecule has 0 aliphatic rings. The van der Waals surface area contributed by atoms with Crippen LogP contribution in [0, 0.1) is 0 Å². The van der Waals surface area contributed by atoms with Crippen LogP contribution < -0.4 is 0 Å². The van der Waals surface area contributed by atoms with Gasteiger partial charge in [-0.3, -0.25) is 0 Å². The molecule has 0 aliphatic heterocycles. The van der Waals surface area contributed by atoms with E-state index in [2.05, 4.69) is 4.37 Å². The van der Waals surface area contributed by atoms with Gasteiger partial charge in [0.1, 0.15) is 10.4 Å². The molecule has 1 aromatic rings. The maximum atomic E-state index is 10.3. The summed E-state index contributed by atoms with van der Waals surface area (Å²) >= 11 is 0.656. The summed E-state index contributed by atoms with van der Waals surface area (Å²) in [6, 6.07) is 0. The van der Waals surface area contributed by atoms with Gasteiger partial charge >= 0.3 is 11.9 Å². The molecular formula is C5H3NO4S. The van der Waals surface area contributed by atoms with Crippen LogP contribution in [-0.2, 0) is 0 Å². The molecule has 6 heteroatoms. The number of aromatic carboxylic acids is 2. The first-order chi connectivity index (χ1) is 5.13. The Labute approximate surface area is 65.1 Å². The zero-order valence-corrected chi connectivity index (χ0v) is 5.96. The number of carbonyl (C=O) groups is 2. The Morgan fingerprint density at radius 2 is 2.00 bits per heavy atom. The average molecular weight is 173 g/mol. The lowest BCUT2D eigenvalue weighted by Crippen LogP contribution is -2.03. The van der Waals surface area contributed by atoms with Crippen molar-refractivity contribution in [1.82, 2.24) is 4.37 Å². The summed E-state index contributed by atoms with van der Waals surface area (Å²) in [6.45, 7) is 0. The summed E-state index contributed by atoms with van der Waals surface area (Å²) in [4.78, 5) is 20.3. The number of rotatable bonds is 2. The van der Waals surface area contributed by atoms with E-state index in [1.165, 1.54) is 0 Å². The van der Waals surface area contributed by atoms with Crippen molar-refractivity contribution in [3.8, 4) is 0 Å². The van der Waals surface area contributed by atoms with Crippen LogP contribution in [-0.4, -0.2) is 26.5 Å². The molecule has 1 heterocycles. The third-order valence-electron chi connectivity index (χ3n) is 0.995. The SMILES string of the molecule is O=C(O)c1cnsc1C(=O)O. The van der Waals surface area contributed by atoms with Gasteiger partial charge in [0, 0.05) is 0 Å². The van der Waals surface area contributed by atoms with E-state index in [4.69, 9.17) is 10.2 Å². The van der Waals surface area contributed by atoms with Crippen molar-refractivity contribution in [3.05, 3.63) is 16.6 Å². The van der Waals surface area contributed by atoms with Crippen LogP contribution in [0.25, 0.3) is 0 Å². The molecular weight excluding hydrogens is 170 g/mol. The van der Waals surface area contributed by atoms with E-state index in [-0.39, 0.29) is 10.4 Å². The van der Waals surface area contributed by atoms with Crippen molar-refractivity contribution in [2.75, 3.05) is 0 Å². The quantitative estimate of drug-likeness (QED) is 0.681. The largest absolute Gasteiger partial charge is 0.478 e. The highest BCUT2D eigenvalue weighted by atomic mass is 32.1. The van der Waals surface area contributed by atoms with Gasteiger partial charge in [-0.1, -0.05) is 0 Å². The number of hydrogen-bond acceptors (Lipinski definition) is 4. The molecule has 5 nitrogen and oxygen atoms in total. The molecule has 0 saturated heterocycles. The Balaban J connectivity index is 3.16. The van der Waals surface area contributed by atoms with Crippen molar-refractivity contribution in [2.24, 2.45) is 0 Å². The molecule has 0 unspecified atom stereocenters. The van der Waals surface area contributed by atoms with Crippen LogP contribution >= 0.6 is 11.5 Å². The highest BCUT2D eigenvalue weighted by Crippen LogP contribution is 2.12. The topological polar surface area (TPSA) is 87.5 Å². The normalized spacial score (nSPS) is 9.45. The minimum absolute atomic E-state index is 0.238. The van der Waals surface area contributed by atoms with Gasteiger partial charge in [0.15, 0.2) is 0 Å². The molecule has 0 saturated carbocycles. The van der Waals surface area contributed by atoms with Crippen LogP contribution in [0.3, 0.4) is 0 Å². The Morgan fingerprint density at radius 3 is 2.36 bits per heavy atom. The molecule has 0 bridgehead atoms. The molecule has 0 spiro atoms. The minimum Gasteiger partial charge on any atom is -0.478 e. The van der Waals surface area contributed by atoms with Gasteiger partial charge in [0.25, 0.3) is 0 Å². The zero-order chi connectivity index (χ0) is 8.43. The summed E-state index contributed by atoms with van der Waals surface area (Å²) in [5, 5.41) is 16.8. The summed E-state index contributed by atoms with van der Waals surface area (Å²) in [5.74, 6) is -2.53. The lowest BCUT2D eigenvalue weighted by atomic mass is 10.3. The molecule has 1 aromatic heterocycles. The van der Waals surface area contributed by atoms with E-state index in [1.807, 2.05) is 0 Å². The smallest absolute Gasteiger partial charge is 0.348 e. The first-order valence-corrected chi connectivity index (χ1v) is 3.31. The maximum Gasteiger partial charge on any atom is 0.348 e. The van der Waals surface area contributed by atoms with E-state index >= 15 is 0 Å². The minimum atomic E-state index is -1.27. The molecule has 0 atom stereocenters. The number of aromatic nitrogens is 1. The van der Waals surface area contributed by atoms with Crippen LogP contribution in [0.1, 0.15) is 20.0 Å². The highest BCUT2D eigenvalue weighted by molar-refractivity contribution is 7.08.